The number of H-pyrrole nitrogens is 1. The number of aromatic nitrogens is 1. The molecule has 136 valence electrons. The van der Waals surface area contributed by atoms with E-state index < -0.39 is 9.76 Å². The highest BCUT2D eigenvalue weighted by Crippen LogP contribution is 2.29. The van der Waals surface area contributed by atoms with Crippen molar-refractivity contribution >= 4 is 95.4 Å². The Morgan fingerprint density at radius 2 is 1.81 bits per heavy atom. The summed E-state index contributed by atoms with van der Waals surface area (Å²) in [5.41, 5.74) is 3.12. The number of carboxylic acid groups (broad SMARTS) is 1. The molecule has 4 nitrogen and oxygen atoms in total. The summed E-state index contributed by atoms with van der Waals surface area (Å²) in [5, 5.41) is 9.03. The van der Waals surface area contributed by atoms with Gasteiger partial charge in [-0.05, 0) is 40.2 Å². The zero-order valence-electron chi connectivity index (χ0n) is 12.9. The highest BCUT2D eigenvalue weighted by atomic mass is 79.9. The van der Waals surface area contributed by atoms with Gasteiger partial charge in [-0.3, -0.25) is 4.99 Å². The Morgan fingerprint density at radius 3 is 2.42 bits per heavy atom. The van der Waals surface area contributed by atoms with E-state index in [0.29, 0.717) is 0 Å². The summed E-state index contributed by atoms with van der Waals surface area (Å²) in [7, 11) is 0. The molecular formula is C17H11Br2Cl3N2O2. The summed E-state index contributed by atoms with van der Waals surface area (Å²) in [6.07, 6.45) is 3.85. The topological polar surface area (TPSA) is 65.5 Å². The lowest BCUT2D eigenvalue weighted by molar-refractivity contribution is -0.135. The molecule has 0 saturated heterocycles. The van der Waals surface area contributed by atoms with Gasteiger partial charge in [0, 0.05) is 37.8 Å². The first-order chi connectivity index (χ1) is 12.2. The third-order valence-electron chi connectivity index (χ3n) is 3.12. The number of alkyl halides is 3. The maximum absolute atomic E-state index is 9.62. The van der Waals surface area contributed by atoms with Crippen molar-refractivity contribution in [2.75, 3.05) is 0 Å². The van der Waals surface area contributed by atoms with E-state index >= 15 is 0 Å². The molecule has 0 radical (unpaired) electrons. The van der Waals surface area contributed by atoms with Crippen LogP contribution in [0.5, 0.6) is 0 Å². The SMILES string of the molecule is Brc1ccc(N=Cc2c[nH]c3ccccc23)c(Br)c1.O=C(O)C(Cl)(Cl)Cl. The zero-order chi connectivity index (χ0) is 19.3. The molecule has 0 unspecified atom stereocenters. The van der Waals surface area contributed by atoms with Gasteiger partial charge in [-0.15, -0.1) is 0 Å². The van der Waals surface area contributed by atoms with Crippen molar-refractivity contribution in [3.63, 3.8) is 0 Å². The first kappa shape index (κ1) is 21.3. The number of halogens is 5. The molecule has 0 aliphatic heterocycles. The fourth-order valence-electron chi connectivity index (χ4n) is 1.93. The highest BCUT2D eigenvalue weighted by molar-refractivity contribution is 9.11. The van der Waals surface area contributed by atoms with Gasteiger partial charge >= 0.3 is 5.97 Å². The van der Waals surface area contributed by atoms with Gasteiger partial charge in [-0.2, -0.15) is 0 Å². The van der Waals surface area contributed by atoms with Gasteiger partial charge in [-0.1, -0.05) is 68.9 Å². The van der Waals surface area contributed by atoms with Gasteiger partial charge in [0.25, 0.3) is 3.79 Å². The van der Waals surface area contributed by atoms with Gasteiger partial charge in [0.15, 0.2) is 0 Å². The fourth-order valence-corrected chi connectivity index (χ4v) is 3.08. The molecule has 0 atom stereocenters. The van der Waals surface area contributed by atoms with Crippen LogP contribution in [0.2, 0.25) is 0 Å². The van der Waals surface area contributed by atoms with Crippen LogP contribution in [0.25, 0.3) is 10.9 Å². The Hall–Kier alpha value is -1.05. The molecule has 3 rings (SSSR count). The molecule has 2 N–H and O–H groups in total. The first-order valence-corrected chi connectivity index (χ1v) is 9.76. The van der Waals surface area contributed by atoms with E-state index in [0.717, 1.165) is 25.7 Å². The average molecular weight is 541 g/mol. The normalized spacial score (nSPS) is 11.4. The number of hydrogen-bond donors (Lipinski definition) is 2. The van der Waals surface area contributed by atoms with E-state index in [1.165, 1.54) is 5.39 Å². The number of rotatable bonds is 2. The summed E-state index contributed by atoms with van der Waals surface area (Å²) < 4.78 is -0.164. The lowest BCUT2D eigenvalue weighted by atomic mass is 10.2. The summed E-state index contributed by atoms with van der Waals surface area (Å²) in [6, 6.07) is 14.1. The van der Waals surface area contributed by atoms with Gasteiger partial charge in [-0.25, -0.2) is 4.79 Å². The number of fused-ring (bicyclic) bond motifs is 1. The lowest BCUT2D eigenvalue weighted by Crippen LogP contribution is -2.16. The number of benzene rings is 2. The van der Waals surface area contributed by atoms with Crippen LogP contribution in [0.1, 0.15) is 5.56 Å². The Kier molecular flexibility index (Phi) is 7.55. The predicted octanol–water partition coefficient (Wildman–Crippen LogP) is 6.88. The molecule has 0 bridgehead atoms. The second-order valence-corrected chi connectivity index (χ2v) is 9.00. The Balaban J connectivity index is 0.000000298. The maximum Gasteiger partial charge on any atom is 0.356 e. The second-order valence-electron chi connectivity index (χ2n) is 4.95. The third kappa shape index (κ3) is 5.99. The zero-order valence-corrected chi connectivity index (χ0v) is 18.3. The van der Waals surface area contributed by atoms with Crippen LogP contribution >= 0.6 is 66.7 Å². The average Bonchev–Trinajstić information content (AvgIpc) is 2.97. The number of carboxylic acids is 1. The van der Waals surface area contributed by atoms with Crippen molar-refractivity contribution in [1.82, 2.24) is 4.98 Å². The molecule has 0 aliphatic carbocycles. The van der Waals surface area contributed by atoms with Gasteiger partial charge < -0.3 is 10.1 Å². The van der Waals surface area contributed by atoms with Crippen molar-refractivity contribution < 1.29 is 9.90 Å². The van der Waals surface area contributed by atoms with Gasteiger partial charge in [0.05, 0.1) is 5.69 Å². The summed E-state index contributed by atoms with van der Waals surface area (Å²) >= 11 is 21.3. The van der Waals surface area contributed by atoms with Crippen LogP contribution < -0.4 is 0 Å². The number of carbonyl (C=O) groups is 1. The van der Waals surface area contributed by atoms with E-state index in [9.17, 15) is 4.79 Å². The van der Waals surface area contributed by atoms with Crippen molar-refractivity contribution in [1.29, 1.82) is 0 Å². The largest absolute Gasteiger partial charge is 0.478 e. The van der Waals surface area contributed by atoms with Crippen LogP contribution in [-0.2, 0) is 4.79 Å². The van der Waals surface area contributed by atoms with E-state index in [1.54, 1.807) is 0 Å². The number of aliphatic imine (C=N–C) groups is 1. The smallest absolute Gasteiger partial charge is 0.356 e. The van der Waals surface area contributed by atoms with Crippen LogP contribution in [0, 0.1) is 0 Å². The molecule has 0 amide bonds. The number of nitrogens with one attached hydrogen (secondary N) is 1. The van der Waals surface area contributed by atoms with Crippen molar-refractivity contribution in [2.45, 2.75) is 3.79 Å². The molecule has 1 aromatic heterocycles. The van der Waals surface area contributed by atoms with Crippen LogP contribution in [0.4, 0.5) is 5.69 Å². The van der Waals surface area contributed by atoms with Crippen LogP contribution in [0.15, 0.2) is 62.6 Å². The van der Waals surface area contributed by atoms with Crippen LogP contribution in [0.3, 0.4) is 0 Å². The molecule has 0 saturated carbocycles. The van der Waals surface area contributed by atoms with Crippen LogP contribution in [-0.4, -0.2) is 26.1 Å². The number of hydrogen-bond acceptors (Lipinski definition) is 2. The van der Waals surface area contributed by atoms with E-state index in [2.05, 4.69) is 54.0 Å². The minimum absolute atomic E-state index is 0.911. The third-order valence-corrected chi connectivity index (χ3v) is 4.73. The summed E-state index contributed by atoms with van der Waals surface area (Å²) in [6.45, 7) is 0. The Labute approximate surface area is 181 Å². The van der Waals surface area contributed by atoms with Crippen molar-refractivity contribution in [3.05, 3.63) is 63.2 Å². The minimum Gasteiger partial charge on any atom is -0.478 e. The highest BCUT2D eigenvalue weighted by Gasteiger charge is 2.29. The predicted molar refractivity (Wildman–Crippen MR) is 115 cm³/mol. The molecule has 9 heteroatoms. The maximum atomic E-state index is 9.62. The number of aromatic amines is 1. The van der Waals surface area contributed by atoms with E-state index in [1.807, 2.05) is 42.7 Å². The minimum atomic E-state index is -2.17. The van der Waals surface area contributed by atoms with E-state index in [-0.39, 0.29) is 0 Å². The molecular weight excluding hydrogens is 530 g/mol. The van der Waals surface area contributed by atoms with E-state index in [4.69, 9.17) is 39.9 Å². The number of para-hydroxylation sites is 1. The molecule has 0 aliphatic rings. The Bertz CT molecular complexity index is 953. The quantitative estimate of drug-likeness (QED) is 0.274. The van der Waals surface area contributed by atoms with Gasteiger partial charge in [0.2, 0.25) is 0 Å². The first-order valence-electron chi connectivity index (χ1n) is 7.04. The standard InChI is InChI=1S/C15H10Br2N2.C2HCl3O2/c16-11-5-6-15(13(17)7-11)19-9-10-8-18-14-4-2-1-3-12(10)14;3-2(4,5)1(6)7/h1-9,18H;(H,6,7). The molecule has 2 aromatic carbocycles. The molecule has 3 aromatic rings. The molecule has 0 spiro atoms. The summed E-state index contributed by atoms with van der Waals surface area (Å²) in [5.74, 6) is -1.46. The number of nitrogens with zero attached hydrogens (tertiary/aromatic N) is 1. The monoisotopic (exact) mass is 538 g/mol. The van der Waals surface area contributed by atoms with Crippen molar-refractivity contribution in [3.8, 4) is 0 Å². The molecule has 0 fully saturated rings. The fraction of sp³-hybridized carbons (Fsp3) is 0.0588. The summed E-state index contributed by atoms with van der Waals surface area (Å²) in [4.78, 5) is 17.4. The molecule has 26 heavy (non-hydrogen) atoms. The molecule has 1 heterocycles. The second kappa shape index (κ2) is 9.24. The Morgan fingerprint density at radius 1 is 1.15 bits per heavy atom. The number of aliphatic carboxylic acids is 1. The van der Waals surface area contributed by atoms with Gasteiger partial charge in [0.1, 0.15) is 0 Å². The lowest BCUT2D eigenvalue weighted by Gasteiger charge is -1.99. The van der Waals surface area contributed by atoms with Crippen molar-refractivity contribution in [2.24, 2.45) is 4.99 Å².